The molecule has 4 nitrogen and oxygen atoms in total. The number of benzene rings is 1. The van der Waals surface area contributed by atoms with Crippen LogP contribution < -0.4 is 4.90 Å². The number of para-hydroxylation sites is 1. The highest BCUT2D eigenvalue weighted by molar-refractivity contribution is 5.53. The summed E-state index contributed by atoms with van der Waals surface area (Å²) in [6.45, 7) is 11.5. The number of aryl methyl sites for hydroxylation is 2. The summed E-state index contributed by atoms with van der Waals surface area (Å²) in [7, 11) is 0. The van der Waals surface area contributed by atoms with E-state index in [2.05, 4.69) is 67.1 Å². The number of hydrogen-bond acceptors (Lipinski definition) is 3. The summed E-state index contributed by atoms with van der Waals surface area (Å²) < 4.78 is 2.03. The zero-order valence-corrected chi connectivity index (χ0v) is 14.9. The lowest BCUT2D eigenvalue weighted by Crippen LogP contribution is -2.51. The van der Waals surface area contributed by atoms with Gasteiger partial charge in [0.05, 0.1) is 0 Å². The van der Waals surface area contributed by atoms with E-state index < -0.39 is 0 Å². The summed E-state index contributed by atoms with van der Waals surface area (Å²) in [6, 6.07) is 13.4. The number of nitrogens with zero attached hydrogens (tertiary/aromatic N) is 4. The molecule has 126 valence electrons. The van der Waals surface area contributed by atoms with Crippen molar-refractivity contribution in [1.29, 1.82) is 5.26 Å². The number of hydrogen-bond donors (Lipinski definition) is 0. The van der Waals surface area contributed by atoms with E-state index in [0.717, 1.165) is 38.4 Å². The average Bonchev–Trinajstić information content (AvgIpc) is 2.99. The van der Waals surface area contributed by atoms with Crippen molar-refractivity contribution in [2.75, 3.05) is 24.5 Å². The van der Waals surface area contributed by atoms with Gasteiger partial charge in [-0.15, -0.1) is 0 Å². The Hall–Kier alpha value is -2.25. The van der Waals surface area contributed by atoms with Crippen LogP contribution in [0.3, 0.4) is 0 Å². The lowest BCUT2D eigenvalue weighted by molar-refractivity contribution is 0.181. The molecule has 2 heterocycles. The smallest absolute Gasteiger partial charge is 0.120 e. The van der Waals surface area contributed by atoms with Crippen LogP contribution in [-0.4, -0.2) is 35.1 Å². The van der Waals surface area contributed by atoms with Gasteiger partial charge in [0.25, 0.3) is 0 Å². The molecule has 1 aliphatic heterocycles. The van der Waals surface area contributed by atoms with Crippen molar-refractivity contribution >= 4 is 5.69 Å². The fourth-order valence-electron chi connectivity index (χ4n) is 3.61. The minimum absolute atomic E-state index is 0.494. The molecular formula is C20H26N4. The van der Waals surface area contributed by atoms with Gasteiger partial charge in [-0.1, -0.05) is 18.2 Å². The lowest BCUT2D eigenvalue weighted by Gasteiger charge is -2.41. The highest BCUT2D eigenvalue weighted by Gasteiger charge is 2.25. The molecule has 0 aliphatic carbocycles. The fourth-order valence-corrected chi connectivity index (χ4v) is 3.61. The zero-order chi connectivity index (χ0) is 17.1. The Balaban J connectivity index is 1.67. The number of piperazine rings is 1. The third-order valence-electron chi connectivity index (χ3n) is 5.02. The van der Waals surface area contributed by atoms with Gasteiger partial charge in [-0.3, -0.25) is 4.90 Å². The van der Waals surface area contributed by atoms with Crippen molar-refractivity contribution in [1.82, 2.24) is 9.47 Å². The molecule has 0 saturated carbocycles. The molecular weight excluding hydrogens is 296 g/mol. The second-order valence-corrected chi connectivity index (χ2v) is 6.68. The van der Waals surface area contributed by atoms with Gasteiger partial charge < -0.3 is 9.47 Å². The third kappa shape index (κ3) is 3.32. The SMILES string of the molecule is CCn1cc(CN2CCN(c3ccccc3C)CC2C)cc1C#N. The molecule has 0 radical (unpaired) electrons. The summed E-state index contributed by atoms with van der Waals surface area (Å²) in [5, 5.41) is 9.22. The number of nitriles is 1. The Morgan fingerprint density at radius 2 is 2.04 bits per heavy atom. The molecule has 24 heavy (non-hydrogen) atoms. The van der Waals surface area contributed by atoms with E-state index >= 15 is 0 Å². The van der Waals surface area contributed by atoms with Crippen LogP contribution in [0.5, 0.6) is 0 Å². The van der Waals surface area contributed by atoms with Crippen LogP contribution in [-0.2, 0) is 13.1 Å². The quantitative estimate of drug-likeness (QED) is 0.865. The van der Waals surface area contributed by atoms with Crippen LogP contribution in [0, 0.1) is 18.3 Å². The molecule has 1 aromatic heterocycles. The molecule has 1 aromatic carbocycles. The Morgan fingerprint density at radius 3 is 2.67 bits per heavy atom. The Bertz CT molecular complexity index is 740. The van der Waals surface area contributed by atoms with Gasteiger partial charge >= 0.3 is 0 Å². The first-order valence-corrected chi connectivity index (χ1v) is 8.76. The van der Waals surface area contributed by atoms with Crippen LogP contribution in [0.2, 0.25) is 0 Å². The maximum atomic E-state index is 9.22. The molecule has 0 N–H and O–H groups in total. The first-order chi connectivity index (χ1) is 11.6. The topological polar surface area (TPSA) is 35.2 Å². The predicted molar refractivity (Wildman–Crippen MR) is 98.1 cm³/mol. The fraction of sp³-hybridized carbons (Fsp3) is 0.450. The predicted octanol–water partition coefficient (Wildman–Crippen LogP) is 3.40. The van der Waals surface area contributed by atoms with Gasteiger partial charge in [0.15, 0.2) is 0 Å². The van der Waals surface area contributed by atoms with Crippen molar-refractivity contribution in [3.63, 3.8) is 0 Å². The number of rotatable bonds is 4. The van der Waals surface area contributed by atoms with Crippen LogP contribution in [0.15, 0.2) is 36.5 Å². The van der Waals surface area contributed by atoms with Gasteiger partial charge in [-0.2, -0.15) is 5.26 Å². The van der Waals surface area contributed by atoms with E-state index in [1.54, 1.807) is 0 Å². The highest BCUT2D eigenvalue weighted by Crippen LogP contribution is 2.24. The maximum Gasteiger partial charge on any atom is 0.120 e. The molecule has 0 spiro atoms. The molecule has 1 saturated heterocycles. The summed E-state index contributed by atoms with van der Waals surface area (Å²) >= 11 is 0. The third-order valence-corrected chi connectivity index (χ3v) is 5.02. The van der Waals surface area contributed by atoms with Crippen molar-refractivity contribution in [2.24, 2.45) is 0 Å². The number of aromatic nitrogens is 1. The summed E-state index contributed by atoms with van der Waals surface area (Å²) in [4.78, 5) is 5.01. The minimum atomic E-state index is 0.494. The van der Waals surface area contributed by atoms with Gasteiger partial charge in [0.2, 0.25) is 0 Å². The normalized spacial score (nSPS) is 18.6. The second-order valence-electron chi connectivity index (χ2n) is 6.68. The molecule has 0 bridgehead atoms. The molecule has 3 rings (SSSR count). The largest absolute Gasteiger partial charge is 0.368 e. The van der Waals surface area contributed by atoms with E-state index in [1.807, 2.05) is 10.6 Å². The zero-order valence-electron chi connectivity index (χ0n) is 14.9. The number of anilines is 1. The molecule has 1 atom stereocenters. The van der Waals surface area contributed by atoms with Gasteiger partial charge in [0, 0.05) is 50.6 Å². The van der Waals surface area contributed by atoms with Crippen molar-refractivity contribution in [2.45, 2.75) is 39.9 Å². The van der Waals surface area contributed by atoms with Crippen LogP contribution in [0.1, 0.15) is 30.7 Å². The average molecular weight is 322 g/mol. The van der Waals surface area contributed by atoms with E-state index in [4.69, 9.17) is 0 Å². The van der Waals surface area contributed by atoms with Crippen LogP contribution in [0.4, 0.5) is 5.69 Å². The van der Waals surface area contributed by atoms with Gasteiger partial charge in [0.1, 0.15) is 11.8 Å². The standard InChI is InChI=1S/C20H26N4/c1-4-22-14-18(11-19(22)12-21)15-23-9-10-24(13-17(23)3)20-8-6-5-7-16(20)2/h5-8,11,14,17H,4,9-10,13,15H2,1-3H3. The van der Waals surface area contributed by atoms with Crippen LogP contribution in [0.25, 0.3) is 0 Å². The van der Waals surface area contributed by atoms with E-state index in [0.29, 0.717) is 6.04 Å². The Kier molecular flexibility index (Phi) is 4.92. The molecule has 2 aromatic rings. The van der Waals surface area contributed by atoms with Crippen molar-refractivity contribution in [3.05, 3.63) is 53.3 Å². The van der Waals surface area contributed by atoms with Crippen molar-refractivity contribution < 1.29 is 0 Å². The van der Waals surface area contributed by atoms with E-state index in [-0.39, 0.29) is 0 Å². The molecule has 1 fully saturated rings. The van der Waals surface area contributed by atoms with Gasteiger partial charge in [-0.25, -0.2) is 0 Å². The molecule has 1 unspecified atom stereocenters. The summed E-state index contributed by atoms with van der Waals surface area (Å²) in [5.41, 5.74) is 4.70. The molecule has 1 aliphatic rings. The lowest BCUT2D eigenvalue weighted by atomic mass is 10.1. The van der Waals surface area contributed by atoms with Crippen molar-refractivity contribution in [3.8, 4) is 6.07 Å². The molecule has 0 amide bonds. The van der Waals surface area contributed by atoms with E-state index in [1.165, 1.54) is 16.8 Å². The first kappa shape index (κ1) is 16.6. The maximum absolute atomic E-state index is 9.22. The molecule has 4 heteroatoms. The van der Waals surface area contributed by atoms with Gasteiger partial charge in [-0.05, 0) is 44.0 Å². The second kappa shape index (κ2) is 7.11. The summed E-state index contributed by atoms with van der Waals surface area (Å²) in [5.74, 6) is 0. The summed E-state index contributed by atoms with van der Waals surface area (Å²) in [6.07, 6.45) is 2.12. The minimum Gasteiger partial charge on any atom is -0.368 e. The van der Waals surface area contributed by atoms with E-state index in [9.17, 15) is 5.26 Å². The van der Waals surface area contributed by atoms with Crippen LogP contribution >= 0.6 is 0 Å². The highest BCUT2D eigenvalue weighted by atomic mass is 15.3. The monoisotopic (exact) mass is 322 g/mol. The Labute approximate surface area is 144 Å². The Morgan fingerprint density at radius 1 is 1.25 bits per heavy atom. The first-order valence-electron chi connectivity index (χ1n) is 8.76.